The molecular weight excluding hydrogens is 264 g/mol. The summed E-state index contributed by atoms with van der Waals surface area (Å²) in [5.74, 6) is 1.68. The second-order valence-corrected chi connectivity index (χ2v) is 4.08. The van der Waals surface area contributed by atoms with Gasteiger partial charge in [-0.3, -0.25) is 4.57 Å². The van der Waals surface area contributed by atoms with E-state index in [2.05, 4.69) is 4.98 Å². The maximum Gasteiger partial charge on any atom is 0.203 e. The van der Waals surface area contributed by atoms with Crippen molar-refractivity contribution in [1.29, 1.82) is 0 Å². The first-order chi connectivity index (χ1) is 9.21. The molecule has 0 saturated carbocycles. The fraction of sp³-hybridized carbons (Fsp3) is 0.231. The molecule has 0 aliphatic carbocycles. The van der Waals surface area contributed by atoms with Crippen LogP contribution in [0.3, 0.4) is 0 Å². The van der Waals surface area contributed by atoms with E-state index in [1.54, 1.807) is 44.6 Å². The minimum atomic E-state index is 0.544. The highest BCUT2D eigenvalue weighted by Crippen LogP contribution is 2.38. The summed E-state index contributed by atoms with van der Waals surface area (Å²) >= 11 is 5.41. The smallest absolute Gasteiger partial charge is 0.203 e. The van der Waals surface area contributed by atoms with Gasteiger partial charge in [-0.25, -0.2) is 4.98 Å². The predicted molar refractivity (Wildman–Crippen MR) is 75.4 cm³/mol. The van der Waals surface area contributed by atoms with E-state index >= 15 is 0 Å². The Balaban J connectivity index is 2.50. The van der Waals surface area contributed by atoms with Gasteiger partial charge in [0.25, 0.3) is 0 Å². The number of benzene rings is 1. The van der Waals surface area contributed by atoms with Crippen molar-refractivity contribution in [2.75, 3.05) is 21.3 Å². The molecule has 0 spiro atoms. The summed E-state index contributed by atoms with van der Waals surface area (Å²) in [6, 6.07) is 3.62. The van der Waals surface area contributed by atoms with Crippen LogP contribution in [0.5, 0.6) is 17.2 Å². The minimum Gasteiger partial charge on any atom is -0.493 e. The van der Waals surface area contributed by atoms with Crippen molar-refractivity contribution in [3.63, 3.8) is 0 Å². The van der Waals surface area contributed by atoms with Crippen LogP contribution in [0.1, 0.15) is 5.56 Å². The zero-order chi connectivity index (χ0) is 13.8. The van der Waals surface area contributed by atoms with Crippen molar-refractivity contribution >= 4 is 17.2 Å². The third-order valence-corrected chi connectivity index (χ3v) is 3.10. The van der Waals surface area contributed by atoms with Crippen LogP contribution >= 0.6 is 12.2 Å². The van der Waals surface area contributed by atoms with E-state index in [1.165, 1.54) is 0 Å². The molecule has 0 atom stereocenters. The van der Waals surface area contributed by atoms with Gasteiger partial charge in [0.2, 0.25) is 5.75 Å². The Hall–Kier alpha value is -2.08. The van der Waals surface area contributed by atoms with Gasteiger partial charge in [0, 0.05) is 18.0 Å². The Bertz CT molecular complexity index is 557. The lowest BCUT2D eigenvalue weighted by Gasteiger charge is -2.14. The highest BCUT2D eigenvalue weighted by atomic mass is 32.1. The molecule has 19 heavy (non-hydrogen) atoms. The fourth-order valence-electron chi connectivity index (χ4n) is 1.73. The van der Waals surface area contributed by atoms with Gasteiger partial charge in [-0.2, -0.15) is 0 Å². The highest BCUT2D eigenvalue weighted by molar-refractivity contribution is 7.80. The molecule has 0 aliphatic rings. The highest BCUT2D eigenvalue weighted by Gasteiger charge is 2.15. The maximum atomic E-state index is 5.41. The Kier molecular flexibility index (Phi) is 4.01. The number of methoxy groups -OCH3 is 3. The number of aromatic nitrogens is 2. The summed E-state index contributed by atoms with van der Waals surface area (Å²) in [5, 5.41) is 0. The number of rotatable bonds is 4. The van der Waals surface area contributed by atoms with Gasteiger partial charge < -0.3 is 14.2 Å². The van der Waals surface area contributed by atoms with Crippen LogP contribution in [-0.4, -0.2) is 35.9 Å². The number of hydrogen-bond acceptors (Lipinski definition) is 5. The Morgan fingerprint density at radius 1 is 1.11 bits per heavy atom. The maximum absolute atomic E-state index is 5.41. The molecule has 1 aromatic carbocycles. The molecule has 2 rings (SSSR count). The van der Waals surface area contributed by atoms with Crippen LogP contribution in [-0.2, 0) is 0 Å². The molecule has 2 aromatic rings. The first-order valence-corrected chi connectivity index (χ1v) is 5.94. The number of thiocarbonyl (C=S) groups is 1. The summed E-state index contributed by atoms with van der Waals surface area (Å²) in [6.45, 7) is 0. The van der Waals surface area contributed by atoms with Crippen molar-refractivity contribution in [3.8, 4) is 17.2 Å². The Labute approximate surface area is 116 Å². The molecule has 1 heterocycles. The summed E-state index contributed by atoms with van der Waals surface area (Å²) in [4.78, 5) is 4.58. The molecule has 6 heteroatoms. The molecule has 0 N–H and O–H groups in total. The first-order valence-electron chi connectivity index (χ1n) is 5.54. The molecule has 1 aromatic heterocycles. The van der Waals surface area contributed by atoms with Crippen molar-refractivity contribution < 1.29 is 14.2 Å². The van der Waals surface area contributed by atoms with Crippen molar-refractivity contribution in [2.24, 2.45) is 0 Å². The fourth-order valence-corrected chi connectivity index (χ4v) is 1.96. The Morgan fingerprint density at radius 3 is 2.16 bits per heavy atom. The van der Waals surface area contributed by atoms with Crippen LogP contribution in [0.15, 0.2) is 30.9 Å². The quantitative estimate of drug-likeness (QED) is 0.802. The third kappa shape index (κ3) is 2.53. The molecule has 0 fully saturated rings. The van der Waals surface area contributed by atoms with E-state index in [1.807, 2.05) is 12.1 Å². The van der Waals surface area contributed by atoms with Crippen molar-refractivity contribution in [2.45, 2.75) is 0 Å². The number of nitrogens with zero attached hydrogens (tertiary/aromatic N) is 2. The second-order valence-electron chi connectivity index (χ2n) is 3.69. The average Bonchev–Trinajstić information content (AvgIpc) is 2.98. The summed E-state index contributed by atoms with van der Waals surface area (Å²) < 4.78 is 17.6. The topological polar surface area (TPSA) is 45.5 Å². The zero-order valence-electron chi connectivity index (χ0n) is 10.9. The molecule has 5 nitrogen and oxygen atoms in total. The number of imidazole rings is 1. The second kappa shape index (κ2) is 5.71. The normalized spacial score (nSPS) is 10.1. The van der Waals surface area contributed by atoms with E-state index < -0.39 is 0 Å². The zero-order valence-corrected chi connectivity index (χ0v) is 11.7. The molecule has 0 amide bonds. The van der Waals surface area contributed by atoms with Gasteiger partial charge in [0.15, 0.2) is 11.5 Å². The van der Waals surface area contributed by atoms with Gasteiger partial charge >= 0.3 is 0 Å². The Morgan fingerprint density at radius 2 is 1.74 bits per heavy atom. The van der Waals surface area contributed by atoms with Crippen LogP contribution in [0, 0.1) is 0 Å². The van der Waals surface area contributed by atoms with Crippen molar-refractivity contribution in [3.05, 3.63) is 36.4 Å². The SMILES string of the molecule is COc1cc(C(=S)n2ccnc2)cc(OC)c1OC. The first kappa shape index (κ1) is 13.4. The number of hydrogen-bond donors (Lipinski definition) is 0. The van der Waals surface area contributed by atoms with Gasteiger partial charge in [-0.05, 0) is 12.1 Å². The van der Waals surface area contributed by atoms with E-state index in [0.717, 1.165) is 5.56 Å². The molecule has 0 aliphatic heterocycles. The van der Waals surface area contributed by atoms with Crippen molar-refractivity contribution in [1.82, 2.24) is 9.55 Å². The lowest BCUT2D eigenvalue weighted by atomic mass is 10.1. The van der Waals surface area contributed by atoms with Gasteiger partial charge in [-0.1, -0.05) is 12.2 Å². The molecular formula is C13H14N2O3S. The van der Waals surface area contributed by atoms with Gasteiger partial charge in [-0.15, -0.1) is 0 Å². The van der Waals surface area contributed by atoms with Crippen LogP contribution in [0.25, 0.3) is 0 Å². The van der Waals surface area contributed by atoms with E-state index in [4.69, 9.17) is 26.4 Å². The molecule has 0 bridgehead atoms. The van der Waals surface area contributed by atoms with E-state index in [9.17, 15) is 0 Å². The predicted octanol–water partition coefficient (Wildman–Crippen LogP) is 2.13. The lowest BCUT2D eigenvalue weighted by Crippen LogP contribution is -2.09. The standard InChI is InChI=1S/C13H14N2O3S/c1-16-10-6-9(7-11(17-2)12(10)18-3)13(19)15-5-4-14-8-15/h4-8H,1-3H3. The lowest BCUT2D eigenvalue weighted by molar-refractivity contribution is 0.324. The van der Waals surface area contributed by atoms with Gasteiger partial charge in [0.05, 0.1) is 27.7 Å². The van der Waals surface area contributed by atoms with E-state index in [0.29, 0.717) is 22.2 Å². The summed E-state index contributed by atoms with van der Waals surface area (Å²) in [5.41, 5.74) is 0.794. The molecule has 0 unspecified atom stereocenters. The van der Waals surface area contributed by atoms with Crippen LogP contribution < -0.4 is 14.2 Å². The minimum absolute atomic E-state index is 0.544. The van der Waals surface area contributed by atoms with Crippen LogP contribution in [0.2, 0.25) is 0 Å². The summed E-state index contributed by atoms with van der Waals surface area (Å²) in [7, 11) is 4.71. The van der Waals surface area contributed by atoms with Gasteiger partial charge in [0.1, 0.15) is 4.99 Å². The molecule has 0 saturated heterocycles. The number of ether oxygens (including phenoxy) is 3. The van der Waals surface area contributed by atoms with E-state index in [-0.39, 0.29) is 0 Å². The summed E-state index contributed by atoms with van der Waals surface area (Å²) in [6.07, 6.45) is 5.10. The average molecular weight is 278 g/mol. The molecule has 0 radical (unpaired) electrons. The largest absolute Gasteiger partial charge is 0.493 e. The molecule has 100 valence electrons. The monoisotopic (exact) mass is 278 g/mol. The third-order valence-electron chi connectivity index (χ3n) is 2.65. The van der Waals surface area contributed by atoms with Crippen LogP contribution in [0.4, 0.5) is 0 Å².